The van der Waals surface area contributed by atoms with E-state index in [4.69, 9.17) is 10.00 Å². The highest BCUT2D eigenvalue weighted by molar-refractivity contribution is 7.38. The van der Waals surface area contributed by atoms with E-state index >= 15 is 0 Å². The molecule has 0 amide bonds. The molecule has 0 saturated carbocycles. The number of aromatic hydroxyl groups is 1. The third-order valence-electron chi connectivity index (χ3n) is 1.98. The van der Waals surface area contributed by atoms with Crippen molar-refractivity contribution in [2.45, 2.75) is 19.0 Å². The summed E-state index contributed by atoms with van der Waals surface area (Å²) in [6, 6.07) is 6.52. The predicted octanol–water partition coefficient (Wildman–Crippen LogP) is 2.31. The second-order valence-electron chi connectivity index (χ2n) is 2.89. The second-order valence-corrected chi connectivity index (χ2v) is 4.27. The first kappa shape index (κ1) is 10.3. The number of benzene rings is 1. The molecule has 0 radical (unpaired) electrons. The molecule has 0 spiro atoms. The Morgan fingerprint density at radius 2 is 2.23 bits per heavy atom. The Morgan fingerprint density at radius 1 is 1.54 bits per heavy atom. The lowest BCUT2D eigenvalue weighted by Gasteiger charge is -2.11. The number of rotatable bonds is 3. The molecule has 0 fully saturated rings. The largest absolute Gasteiger partial charge is 0.508 e. The van der Waals surface area contributed by atoms with Crippen LogP contribution in [-0.4, -0.2) is 10.00 Å². The summed E-state index contributed by atoms with van der Waals surface area (Å²) in [7, 11) is -2.55. The lowest BCUT2D eigenvalue weighted by atomic mass is 10.1. The minimum Gasteiger partial charge on any atom is -0.508 e. The highest BCUT2D eigenvalue weighted by Gasteiger charge is 2.14. The molecule has 2 atom stereocenters. The first-order valence-electron chi connectivity index (χ1n) is 4.17. The molecular formula is C9H13O3P. The van der Waals surface area contributed by atoms with Gasteiger partial charge in [0.15, 0.2) is 8.03 Å². The van der Waals surface area contributed by atoms with Crippen molar-refractivity contribution >= 4 is 8.03 Å². The second kappa shape index (κ2) is 4.45. The summed E-state index contributed by atoms with van der Waals surface area (Å²) in [6.45, 7) is 1.85. The van der Waals surface area contributed by atoms with E-state index in [1.165, 1.54) is 6.07 Å². The first-order valence-corrected chi connectivity index (χ1v) is 5.60. The van der Waals surface area contributed by atoms with E-state index in [9.17, 15) is 4.57 Å². The summed E-state index contributed by atoms with van der Waals surface area (Å²) in [5.41, 5.74) is 0.394. The summed E-state index contributed by atoms with van der Waals surface area (Å²) in [5, 5.41) is 9.17. The molecule has 2 unspecified atom stereocenters. The quantitative estimate of drug-likeness (QED) is 0.736. The molecule has 72 valence electrons. The average Bonchev–Trinajstić information content (AvgIpc) is 2.04. The molecule has 0 saturated heterocycles. The zero-order valence-corrected chi connectivity index (χ0v) is 8.40. The van der Waals surface area contributed by atoms with Crippen LogP contribution in [0.5, 0.6) is 5.75 Å². The van der Waals surface area contributed by atoms with Crippen LogP contribution in [0.2, 0.25) is 0 Å². The van der Waals surface area contributed by atoms with Gasteiger partial charge in [0.1, 0.15) is 5.75 Å². The molecule has 13 heavy (non-hydrogen) atoms. The molecule has 0 bridgehead atoms. The summed E-state index contributed by atoms with van der Waals surface area (Å²) in [6.07, 6.45) is 0.609. The van der Waals surface area contributed by atoms with Gasteiger partial charge < -0.3 is 10.00 Å². The van der Waals surface area contributed by atoms with E-state index in [0.717, 1.165) is 5.56 Å². The van der Waals surface area contributed by atoms with Crippen LogP contribution < -0.4 is 0 Å². The van der Waals surface area contributed by atoms with E-state index in [2.05, 4.69) is 0 Å². The SMILES string of the molecule is CCC(c1cccc(O)c1)[PH](=O)O. The third-order valence-corrected chi connectivity index (χ3v) is 3.32. The van der Waals surface area contributed by atoms with Crippen molar-refractivity contribution in [3.8, 4) is 5.75 Å². The smallest absolute Gasteiger partial charge is 0.196 e. The Bertz CT molecular complexity index is 311. The minimum atomic E-state index is -2.55. The van der Waals surface area contributed by atoms with Crippen LogP contribution in [-0.2, 0) is 4.57 Å². The van der Waals surface area contributed by atoms with Crippen molar-refractivity contribution in [3.05, 3.63) is 29.8 Å². The molecule has 0 aromatic heterocycles. The fraction of sp³-hybridized carbons (Fsp3) is 0.333. The third kappa shape index (κ3) is 2.58. The number of phenols is 1. The number of phenolic OH excluding ortho intramolecular Hbond substituents is 1. The molecule has 0 aliphatic heterocycles. The maximum absolute atomic E-state index is 10.9. The van der Waals surface area contributed by atoms with Gasteiger partial charge in [-0.25, -0.2) is 0 Å². The first-order chi connectivity index (χ1) is 6.15. The molecule has 1 aromatic carbocycles. The van der Waals surface area contributed by atoms with Crippen molar-refractivity contribution in [2.75, 3.05) is 0 Å². The minimum absolute atomic E-state index is 0.138. The zero-order chi connectivity index (χ0) is 9.84. The van der Waals surface area contributed by atoms with Crippen molar-refractivity contribution < 1.29 is 14.6 Å². The van der Waals surface area contributed by atoms with Gasteiger partial charge in [-0.3, -0.25) is 4.57 Å². The van der Waals surface area contributed by atoms with Crippen LogP contribution in [0.3, 0.4) is 0 Å². The Labute approximate surface area is 77.9 Å². The Hall–Kier alpha value is -0.790. The monoisotopic (exact) mass is 200 g/mol. The van der Waals surface area contributed by atoms with E-state index in [1.54, 1.807) is 18.2 Å². The van der Waals surface area contributed by atoms with Gasteiger partial charge in [0.25, 0.3) is 0 Å². The van der Waals surface area contributed by atoms with Gasteiger partial charge >= 0.3 is 0 Å². The maximum Gasteiger partial charge on any atom is 0.196 e. The van der Waals surface area contributed by atoms with E-state index in [0.29, 0.717) is 6.42 Å². The van der Waals surface area contributed by atoms with Gasteiger partial charge in [-0.1, -0.05) is 19.1 Å². The predicted molar refractivity (Wildman–Crippen MR) is 52.4 cm³/mol. The highest BCUT2D eigenvalue weighted by atomic mass is 31.1. The van der Waals surface area contributed by atoms with Crippen LogP contribution in [0.4, 0.5) is 0 Å². The fourth-order valence-electron chi connectivity index (χ4n) is 1.29. The van der Waals surface area contributed by atoms with Crippen molar-refractivity contribution in [3.63, 3.8) is 0 Å². The standard InChI is InChI=1S/C9H13O3P/c1-2-9(13(11)12)7-4-3-5-8(10)6-7/h3-6,9-10,13H,2H2,1H3,(H,11,12). The van der Waals surface area contributed by atoms with Crippen LogP contribution in [0, 0.1) is 0 Å². The van der Waals surface area contributed by atoms with Gasteiger partial charge in [0.05, 0.1) is 5.66 Å². The molecule has 0 aliphatic rings. The van der Waals surface area contributed by atoms with Crippen LogP contribution in [0.25, 0.3) is 0 Å². The van der Waals surface area contributed by atoms with E-state index in [1.807, 2.05) is 6.92 Å². The fourth-order valence-corrected chi connectivity index (χ4v) is 2.11. The topological polar surface area (TPSA) is 57.5 Å². The Morgan fingerprint density at radius 3 is 2.69 bits per heavy atom. The zero-order valence-electron chi connectivity index (χ0n) is 7.40. The summed E-state index contributed by atoms with van der Waals surface area (Å²) in [5.74, 6) is 0.138. The van der Waals surface area contributed by atoms with Gasteiger partial charge in [-0.05, 0) is 24.1 Å². The lowest BCUT2D eigenvalue weighted by Crippen LogP contribution is -1.90. The van der Waals surface area contributed by atoms with E-state index in [-0.39, 0.29) is 11.4 Å². The summed E-state index contributed by atoms with van der Waals surface area (Å²) >= 11 is 0. The normalized spacial score (nSPS) is 15.2. The maximum atomic E-state index is 10.9. The molecular weight excluding hydrogens is 187 g/mol. The molecule has 3 nitrogen and oxygen atoms in total. The van der Waals surface area contributed by atoms with Crippen molar-refractivity contribution in [1.82, 2.24) is 0 Å². The number of hydrogen-bond donors (Lipinski definition) is 2. The summed E-state index contributed by atoms with van der Waals surface area (Å²) < 4.78 is 10.9. The Balaban J connectivity index is 2.98. The molecule has 2 N–H and O–H groups in total. The van der Waals surface area contributed by atoms with Gasteiger partial charge in [0, 0.05) is 0 Å². The average molecular weight is 200 g/mol. The van der Waals surface area contributed by atoms with E-state index < -0.39 is 8.03 Å². The van der Waals surface area contributed by atoms with Gasteiger partial charge in [-0.15, -0.1) is 0 Å². The lowest BCUT2D eigenvalue weighted by molar-refractivity contribution is 0.472. The van der Waals surface area contributed by atoms with Crippen molar-refractivity contribution in [2.24, 2.45) is 0 Å². The Kier molecular flexibility index (Phi) is 3.52. The molecule has 1 aromatic rings. The molecule has 1 rings (SSSR count). The highest BCUT2D eigenvalue weighted by Crippen LogP contribution is 2.40. The molecule has 0 heterocycles. The van der Waals surface area contributed by atoms with Crippen LogP contribution in [0.15, 0.2) is 24.3 Å². The summed E-state index contributed by atoms with van der Waals surface area (Å²) in [4.78, 5) is 9.02. The molecule has 4 heteroatoms. The van der Waals surface area contributed by atoms with Crippen LogP contribution in [0.1, 0.15) is 24.6 Å². The van der Waals surface area contributed by atoms with Gasteiger partial charge in [0.2, 0.25) is 0 Å². The number of hydrogen-bond acceptors (Lipinski definition) is 2. The van der Waals surface area contributed by atoms with Gasteiger partial charge in [-0.2, -0.15) is 0 Å². The van der Waals surface area contributed by atoms with Crippen LogP contribution >= 0.6 is 8.03 Å². The van der Waals surface area contributed by atoms with Crippen molar-refractivity contribution in [1.29, 1.82) is 0 Å². The molecule has 0 aliphatic carbocycles.